The Bertz CT molecular complexity index is 1050. The van der Waals surface area contributed by atoms with Crippen LogP contribution >= 0.6 is 0 Å². The van der Waals surface area contributed by atoms with Gasteiger partial charge in [-0.1, -0.05) is 61.4 Å². The molecular weight excluding hydrogens is 432 g/mol. The third-order valence-electron chi connectivity index (χ3n) is 7.28. The molecule has 1 heterocycles. The summed E-state index contributed by atoms with van der Waals surface area (Å²) in [6, 6.07) is 15.6. The number of hydrogen-bond donors (Lipinski definition) is 2. The predicted octanol–water partition coefficient (Wildman–Crippen LogP) is 4.02. The molecule has 2 aromatic rings. The fraction of sp³-hybridized carbons (Fsp3) is 0.444. The molecule has 3 aliphatic rings. The Morgan fingerprint density at radius 3 is 2.26 bits per heavy atom. The summed E-state index contributed by atoms with van der Waals surface area (Å²) in [5.74, 6) is -1.25. The maximum Gasteiger partial charge on any atom is 0.407 e. The highest BCUT2D eigenvalue weighted by Gasteiger charge is 2.36. The summed E-state index contributed by atoms with van der Waals surface area (Å²) >= 11 is 0. The van der Waals surface area contributed by atoms with Crippen LogP contribution in [0.5, 0.6) is 0 Å². The number of benzene rings is 2. The number of likely N-dealkylation sites (tertiary alicyclic amines) is 1. The molecule has 0 radical (unpaired) electrons. The molecule has 1 saturated heterocycles. The van der Waals surface area contributed by atoms with Gasteiger partial charge in [0.25, 0.3) is 0 Å². The van der Waals surface area contributed by atoms with Crippen LogP contribution in [0.2, 0.25) is 0 Å². The van der Waals surface area contributed by atoms with Crippen LogP contribution in [-0.2, 0) is 14.3 Å². The summed E-state index contributed by atoms with van der Waals surface area (Å²) in [5.41, 5.74) is 4.59. The lowest BCUT2D eigenvalue weighted by atomic mass is 9.97. The Morgan fingerprint density at radius 1 is 1.00 bits per heavy atom. The standard InChI is InChI=1S/C27H30N2O5/c30-25(29-13-5-6-18(15-29)26(31)32)24(14-17-11-12-17)28-27(33)34-16-23-21-9-3-1-7-19(21)20-8-2-4-10-22(20)23/h1-4,7-10,17-18,23-24H,5-6,11-16H2,(H,28,33)(H,31,32). The number of fused-ring (bicyclic) bond motifs is 3. The van der Waals surface area contributed by atoms with E-state index < -0.39 is 24.0 Å². The molecule has 2 aromatic carbocycles. The second kappa shape index (κ2) is 9.49. The first kappa shape index (κ1) is 22.4. The Balaban J connectivity index is 1.24. The maximum absolute atomic E-state index is 13.2. The number of piperidine rings is 1. The van der Waals surface area contributed by atoms with Crippen LogP contribution in [0, 0.1) is 11.8 Å². The highest BCUT2D eigenvalue weighted by molar-refractivity contribution is 5.86. The third-order valence-corrected chi connectivity index (χ3v) is 7.28. The molecule has 2 amide bonds. The molecule has 2 aliphatic carbocycles. The number of amides is 2. The number of alkyl carbamates (subject to hydrolysis) is 1. The van der Waals surface area contributed by atoms with E-state index in [2.05, 4.69) is 29.6 Å². The van der Waals surface area contributed by atoms with E-state index in [0.29, 0.717) is 31.7 Å². The summed E-state index contributed by atoms with van der Waals surface area (Å²) in [4.78, 5) is 39.0. The Morgan fingerprint density at radius 2 is 1.65 bits per heavy atom. The van der Waals surface area contributed by atoms with Crippen LogP contribution < -0.4 is 5.32 Å². The van der Waals surface area contributed by atoms with Gasteiger partial charge in [0.05, 0.1) is 5.92 Å². The molecular formula is C27H30N2O5. The van der Waals surface area contributed by atoms with Gasteiger partial charge in [-0.2, -0.15) is 0 Å². The summed E-state index contributed by atoms with van der Waals surface area (Å²) < 4.78 is 5.65. The lowest BCUT2D eigenvalue weighted by molar-refractivity contribution is -0.146. The summed E-state index contributed by atoms with van der Waals surface area (Å²) in [5, 5.41) is 12.2. The first-order valence-electron chi connectivity index (χ1n) is 12.1. The van der Waals surface area contributed by atoms with E-state index in [1.165, 1.54) is 0 Å². The fourth-order valence-electron chi connectivity index (χ4n) is 5.29. The molecule has 7 nitrogen and oxygen atoms in total. The third kappa shape index (κ3) is 4.65. The number of nitrogens with one attached hydrogen (secondary N) is 1. The molecule has 2 N–H and O–H groups in total. The van der Waals surface area contributed by atoms with E-state index in [4.69, 9.17) is 4.74 Å². The van der Waals surface area contributed by atoms with Crippen LogP contribution in [0.3, 0.4) is 0 Å². The quantitative estimate of drug-likeness (QED) is 0.648. The van der Waals surface area contributed by atoms with E-state index in [0.717, 1.165) is 35.1 Å². The summed E-state index contributed by atoms with van der Waals surface area (Å²) in [6.07, 6.45) is 3.29. The van der Waals surface area contributed by atoms with Gasteiger partial charge in [-0.15, -0.1) is 0 Å². The fourth-order valence-corrected chi connectivity index (χ4v) is 5.29. The number of aliphatic carboxylic acids is 1. The first-order chi connectivity index (χ1) is 16.5. The molecule has 1 saturated carbocycles. The van der Waals surface area contributed by atoms with Crippen LogP contribution in [0.15, 0.2) is 48.5 Å². The van der Waals surface area contributed by atoms with Gasteiger partial charge in [-0.05, 0) is 47.4 Å². The maximum atomic E-state index is 13.2. The molecule has 2 atom stereocenters. The Labute approximate surface area is 199 Å². The van der Waals surface area contributed by atoms with E-state index in [1.54, 1.807) is 4.90 Å². The topological polar surface area (TPSA) is 95.9 Å². The van der Waals surface area contributed by atoms with Crippen LogP contribution in [0.1, 0.15) is 49.1 Å². The van der Waals surface area contributed by atoms with Gasteiger partial charge in [0.1, 0.15) is 12.6 Å². The highest BCUT2D eigenvalue weighted by Crippen LogP contribution is 2.44. The van der Waals surface area contributed by atoms with Crippen molar-refractivity contribution in [2.24, 2.45) is 11.8 Å². The van der Waals surface area contributed by atoms with Crippen LogP contribution in [-0.4, -0.2) is 53.7 Å². The predicted molar refractivity (Wildman–Crippen MR) is 126 cm³/mol. The van der Waals surface area contributed by atoms with Crippen molar-refractivity contribution in [3.8, 4) is 11.1 Å². The van der Waals surface area contributed by atoms with Crippen LogP contribution in [0.4, 0.5) is 4.79 Å². The van der Waals surface area contributed by atoms with Gasteiger partial charge >= 0.3 is 12.1 Å². The molecule has 0 aromatic heterocycles. The van der Waals surface area contributed by atoms with E-state index in [-0.39, 0.29) is 25.0 Å². The minimum Gasteiger partial charge on any atom is -0.481 e. The van der Waals surface area contributed by atoms with Gasteiger partial charge < -0.3 is 20.1 Å². The van der Waals surface area contributed by atoms with Crippen molar-refractivity contribution in [3.63, 3.8) is 0 Å². The van der Waals surface area contributed by atoms with E-state index >= 15 is 0 Å². The van der Waals surface area contributed by atoms with Crippen molar-refractivity contribution in [2.75, 3.05) is 19.7 Å². The Kier molecular flexibility index (Phi) is 6.26. The van der Waals surface area contributed by atoms with Crippen molar-refractivity contribution in [1.82, 2.24) is 10.2 Å². The number of rotatable bonds is 7. The number of carboxylic acids is 1. The number of carboxylic acid groups (broad SMARTS) is 1. The minimum atomic E-state index is -0.874. The van der Waals surface area contributed by atoms with Crippen molar-refractivity contribution in [1.29, 1.82) is 0 Å². The second-order valence-electron chi connectivity index (χ2n) is 9.66. The lowest BCUT2D eigenvalue weighted by Crippen LogP contribution is -2.52. The van der Waals surface area contributed by atoms with Crippen LogP contribution in [0.25, 0.3) is 11.1 Å². The zero-order valence-electron chi connectivity index (χ0n) is 19.1. The van der Waals surface area contributed by atoms with E-state index in [1.807, 2.05) is 24.3 Å². The molecule has 7 heteroatoms. The van der Waals surface area contributed by atoms with Gasteiger partial charge in [-0.25, -0.2) is 4.79 Å². The SMILES string of the molecule is O=C(NC(CC1CC1)C(=O)N1CCCC(C(=O)O)C1)OCC1c2ccccc2-c2ccccc21. The average molecular weight is 463 g/mol. The monoisotopic (exact) mass is 462 g/mol. The van der Waals surface area contributed by atoms with Crippen molar-refractivity contribution >= 4 is 18.0 Å². The molecule has 5 rings (SSSR count). The molecule has 0 spiro atoms. The first-order valence-corrected chi connectivity index (χ1v) is 12.1. The zero-order chi connectivity index (χ0) is 23.7. The van der Waals surface area contributed by atoms with Gasteiger partial charge in [0, 0.05) is 19.0 Å². The van der Waals surface area contributed by atoms with Gasteiger partial charge in [-0.3, -0.25) is 9.59 Å². The number of hydrogen-bond acceptors (Lipinski definition) is 4. The van der Waals surface area contributed by atoms with Crippen molar-refractivity contribution in [3.05, 3.63) is 59.7 Å². The van der Waals surface area contributed by atoms with E-state index in [9.17, 15) is 19.5 Å². The number of carbonyl (C=O) groups excluding carboxylic acids is 2. The van der Waals surface area contributed by atoms with Gasteiger partial charge in [0.15, 0.2) is 0 Å². The second-order valence-corrected chi connectivity index (χ2v) is 9.66. The minimum absolute atomic E-state index is 0.0471. The summed E-state index contributed by atoms with van der Waals surface area (Å²) in [6.45, 7) is 0.910. The zero-order valence-corrected chi connectivity index (χ0v) is 19.1. The highest BCUT2D eigenvalue weighted by atomic mass is 16.5. The molecule has 1 aliphatic heterocycles. The van der Waals surface area contributed by atoms with Crippen molar-refractivity contribution in [2.45, 2.75) is 44.1 Å². The lowest BCUT2D eigenvalue weighted by Gasteiger charge is -2.33. The molecule has 178 valence electrons. The van der Waals surface area contributed by atoms with Gasteiger partial charge in [0.2, 0.25) is 5.91 Å². The normalized spacial score (nSPS) is 20.2. The smallest absolute Gasteiger partial charge is 0.407 e. The number of ether oxygens (including phenoxy) is 1. The largest absolute Gasteiger partial charge is 0.481 e. The Hall–Kier alpha value is -3.35. The molecule has 34 heavy (non-hydrogen) atoms. The number of nitrogens with zero attached hydrogens (tertiary/aromatic N) is 1. The molecule has 2 unspecified atom stereocenters. The average Bonchev–Trinajstić information content (AvgIpc) is 3.62. The molecule has 0 bridgehead atoms. The molecule has 2 fully saturated rings. The van der Waals surface area contributed by atoms with Crippen molar-refractivity contribution < 1.29 is 24.2 Å². The number of carbonyl (C=O) groups is 3. The summed E-state index contributed by atoms with van der Waals surface area (Å²) in [7, 11) is 0.